The van der Waals surface area contributed by atoms with E-state index in [1.807, 2.05) is 0 Å². The standard InChI is InChI=1S/C11H22N2/c1-7(5-12)10-3-8-2-9(6-13)11(10)4-8/h7-11H,2-6,12-13H2,1H3. The molecule has 2 fully saturated rings. The lowest BCUT2D eigenvalue weighted by molar-refractivity contribution is 0.186. The fourth-order valence-electron chi connectivity index (χ4n) is 3.65. The van der Waals surface area contributed by atoms with Crippen LogP contribution in [0.4, 0.5) is 0 Å². The number of nitrogens with two attached hydrogens (primary N) is 2. The van der Waals surface area contributed by atoms with E-state index in [9.17, 15) is 0 Å². The van der Waals surface area contributed by atoms with Crippen LogP contribution in [-0.2, 0) is 0 Å². The number of hydrogen-bond donors (Lipinski definition) is 2. The first-order valence-electron chi connectivity index (χ1n) is 5.66. The molecule has 2 saturated carbocycles. The van der Waals surface area contributed by atoms with Crippen LogP contribution in [0.1, 0.15) is 26.2 Å². The summed E-state index contributed by atoms with van der Waals surface area (Å²) in [5.41, 5.74) is 11.5. The van der Waals surface area contributed by atoms with Crippen molar-refractivity contribution in [3.63, 3.8) is 0 Å². The maximum atomic E-state index is 5.79. The molecular formula is C11H22N2. The zero-order valence-electron chi connectivity index (χ0n) is 8.58. The summed E-state index contributed by atoms with van der Waals surface area (Å²) in [6.45, 7) is 4.05. The molecule has 0 aromatic carbocycles. The van der Waals surface area contributed by atoms with Crippen LogP contribution in [0.3, 0.4) is 0 Å². The first-order chi connectivity index (χ1) is 6.26. The Hall–Kier alpha value is -0.0800. The van der Waals surface area contributed by atoms with E-state index in [-0.39, 0.29) is 0 Å². The first-order valence-corrected chi connectivity index (χ1v) is 5.66. The third-order valence-electron chi connectivity index (χ3n) is 4.41. The van der Waals surface area contributed by atoms with Crippen LogP contribution in [0.5, 0.6) is 0 Å². The molecule has 0 amide bonds. The van der Waals surface area contributed by atoms with Crippen molar-refractivity contribution in [2.24, 2.45) is 41.1 Å². The summed E-state index contributed by atoms with van der Waals surface area (Å²) >= 11 is 0. The average Bonchev–Trinajstić information content (AvgIpc) is 2.74. The van der Waals surface area contributed by atoms with Crippen molar-refractivity contribution in [3.8, 4) is 0 Å². The molecule has 2 heteroatoms. The SMILES string of the molecule is CC(CN)C1CC2CC(CN)C1C2. The Morgan fingerprint density at radius 1 is 1.23 bits per heavy atom. The first kappa shape index (κ1) is 9.47. The van der Waals surface area contributed by atoms with E-state index >= 15 is 0 Å². The van der Waals surface area contributed by atoms with Gasteiger partial charge in [0.25, 0.3) is 0 Å². The van der Waals surface area contributed by atoms with Gasteiger partial charge in [-0.05, 0) is 61.9 Å². The molecule has 0 spiro atoms. The molecule has 5 unspecified atom stereocenters. The largest absolute Gasteiger partial charge is 0.330 e. The molecule has 0 saturated heterocycles. The van der Waals surface area contributed by atoms with Crippen LogP contribution >= 0.6 is 0 Å². The zero-order valence-corrected chi connectivity index (χ0v) is 8.58. The normalized spacial score (nSPS) is 45.5. The second-order valence-electron chi connectivity index (χ2n) is 5.11. The molecule has 0 aromatic heterocycles. The van der Waals surface area contributed by atoms with Gasteiger partial charge < -0.3 is 11.5 Å². The summed E-state index contributed by atoms with van der Waals surface area (Å²) in [5, 5.41) is 0. The minimum Gasteiger partial charge on any atom is -0.330 e. The second-order valence-corrected chi connectivity index (χ2v) is 5.11. The summed E-state index contributed by atoms with van der Waals surface area (Å²) < 4.78 is 0. The summed E-state index contributed by atoms with van der Waals surface area (Å²) in [6.07, 6.45) is 4.27. The van der Waals surface area contributed by atoms with Gasteiger partial charge in [0, 0.05) is 0 Å². The van der Waals surface area contributed by atoms with Gasteiger partial charge >= 0.3 is 0 Å². The maximum absolute atomic E-state index is 5.79. The van der Waals surface area contributed by atoms with Crippen LogP contribution in [0.15, 0.2) is 0 Å². The molecule has 0 radical (unpaired) electrons. The van der Waals surface area contributed by atoms with E-state index in [4.69, 9.17) is 11.5 Å². The number of fused-ring (bicyclic) bond motifs is 2. The van der Waals surface area contributed by atoms with Crippen LogP contribution in [-0.4, -0.2) is 13.1 Å². The topological polar surface area (TPSA) is 52.0 Å². The molecule has 2 aliphatic rings. The minimum atomic E-state index is 0.712. The van der Waals surface area contributed by atoms with Crippen molar-refractivity contribution in [1.29, 1.82) is 0 Å². The second kappa shape index (κ2) is 3.58. The third kappa shape index (κ3) is 1.50. The van der Waals surface area contributed by atoms with E-state index in [0.29, 0.717) is 5.92 Å². The summed E-state index contributed by atoms with van der Waals surface area (Å²) in [5.74, 6) is 4.31. The van der Waals surface area contributed by atoms with Crippen molar-refractivity contribution < 1.29 is 0 Å². The highest BCUT2D eigenvalue weighted by Crippen LogP contribution is 2.53. The fourth-order valence-corrected chi connectivity index (χ4v) is 3.65. The third-order valence-corrected chi connectivity index (χ3v) is 4.41. The van der Waals surface area contributed by atoms with Crippen molar-refractivity contribution in [2.75, 3.05) is 13.1 Å². The van der Waals surface area contributed by atoms with Crippen molar-refractivity contribution in [3.05, 3.63) is 0 Å². The lowest BCUT2D eigenvalue weighted by Gasteiger charge is -2.32. The highest BCUT2D eigenvalue weighted by molar-refractivity contribution is 4.97. The highest BCUT2D eigenvalue weighted by Gasteiger charge is 2.46. The highest BCUT2D eigenvalue weighted by atomic mass is 14.6. The Kier molecular flexibility index (Phi) is 2.61. The molecule has 5 atom stereocenters. The van der Waals surface area contributed by atoms with Gasteiger partial charge in [-0.1, -0.05) is 6.92 Å². The molecule has 0 heterocycles. The minimum absolute atomic E-state index is 0.712. The van der Waals surface area contributed by atoms with E-state index in [0.717, 1.165) is 36.8 Å². The summed E-state index contributed by atoms with van der Waals surface area (Å²) in [6, 6.07) is 0. The molecule has 0 aromatic rings. The van der Waals surface area contributed by atoms with Gasteiger partial charge in [0.1, 0.15) is 0 Å². The molecule has 2 rings (SSSR count). The van der Waals surface area contributed by atoms with Gasteiger partial charge in [-0.3, -0.25) is 0 Å². The Morgan fingerprint density at radius 2 is 2.00 bits per heavy atom. The smallest absolute Gasteiger partial charge is 0.00460 e. The van der Waals surface area contributed by atoms with Crippen LogP contribution in [0, 0.1) is 29.6 Å². The quantitative estimate of drug-likeness (QED) is 0.689. The van der Waals surface area contributed by atoms with Gasteiger partial charge in [0.05, 0.1) is 0 Å². The molecule has 13 heavy (non-hydrogen) atoms. The molecule has 2 bridgehead atoms. The lowest BCUT2D eigenvalue weighted by Crippen LogP contribution is -2.32. The Morgan fingerprint density at radius 3 is 2.54 bits per heavy atom. The van der Waals surface area contributed by atoms with Crippen LogP contribution < -0.4 is 11.5 Å². The maximum Gasteiger partial charge on any atom is -0.00460 e. The van der Waals surface area contributed by atoms with E-state index in [2.05, 4.69) is 6.92 Å². The average molecular weight is 182 g/mol. The van der Waals surface area contributed by atoms with Gasteiger partial charge in [-0.25, -0.2) is 0 Å². The predicted molar refractivity (Wildman–Crippen MR) is 55.1 cm³/mol. The lowest BCUT2D eigenvalue weighted by atomic mass is 9.75. The molecule has 2 aliphatic carbocycles. The molecule has 4 N–H and O–H groups in total. The van der Waals surface area contributed by atoms with E-state index in [1.54, 1.807) is 0 Å². The Bertz CT molecular complexity index is 181. The number of rotatable bonds is 3. The predicted octanol–water partition coefficient (Wildman–Crippen LogP) is 1.20. The molecule has 76 valence electrons. The van der Waals surface area contributed by atoms with Crippen molar-refractivity contribution in [1.82, 2.24) is 0 Å². The van der Waals surface area contributed by atoms with Gasteiger partial charge in [-0.2, -0.15) is 0 Å². The van der Waals surface area contributed by atoms with Crippen LogP contribution in [0.2, 0.25) is 0 Å². The fraction of sp³-hybridized carbons (Fsp3) is 1.00. The molecule has 2 nitrogen and oxygen atoms in total. The van der Waals surface area contributed by atoms with Gasteiger partial charge in [0.2, 0.25) is 0 Å². The molecule has 0 aliphatic heterocycles. The van der Waals surface area contributed by atoms with Crippen molar-refractivity contribution >= 4 is 0 Å². The summed E-state index contributed by atoms with van der Waals surface area (Å²) in [7, 11) is 0. The number of hydrogen-bond acceptors (Lipinski definition) is 2. The Balaban J connectivity index is 2.01. The van der Waals surface area contributed by atoms with Gasteiger partial charge in [-0.15, -0.1) is 0 Å². The van der Waals surface area contributed by atoms with Crippen molar-refractivity contribution in [2.45, 2.75) is 26.2 Å². The van der Waals surface area contributed by atoms with E-state index in [1.165, 1.54) is 19.3 Å². The molecular weight excluding hydrogens is 160 g/mol. The van der Waals surface area contributed by atoms with E-state index < -0.39 is 0 Å². The zero-order chi connectivity index (χ0) is 9.42. The Labute approximate surface area is 81.1 Å². The van der Waals surface area contributed by atoms with Crippen LogP contribution in [0.25, 0.3) is 0 Å². The monoisotopic (exact) mass is 182 g/mol. The summed E-state index contributed by atoms with van der Waals surface area (Å²) in [4.78, 5) is 0. The van der Waals surface area contributed by atoms with Gasteiger partial charge in [0.15, 0.2) is 0 Å².